The third kappa shape index (κ3) is 4.08. The Morgan fingerprint density at radius 2 is 0.814 bits per heavy atom. The van der Waals surface area contributed by atoms with E-state index >= 15 is 0 Å². The van der Waals surface area contributed by atoms with Gasteiger partial charge in [0.05, 0.1) is 21.9 Å². The molecule has 1 heterocycles. The van der Waals surface area contributed by atoms with Gasteiger partial charge in [-0.3, -0.25) is 4.57 Å². The summed E-state index contributed by atoms with van der Waals surface area (Å²) in [7, 11) is 0. The summed E-state index contributed by atoms with van der Waals surface area (Å²) >= 11 is 0. The number of rotatable bonds is 4. The molecule has 0 amide bonds. The lowest BCUT2D eigenvalue weighted by atomic mass is 9.52. The lowest BCUT2D eigenvalue weighted by Gasteiger charge is -2.48. The van der Waals surface area contributed by atoms with E-state index < -0.39 is 10.8 Å². The summed E-state index contributed by atoms with van der Waals surface area (Å²) in [6, 6.07) is 81.1. The van der Waals surface area contributed by atoms with Crippen LogP contribution in [0.1, 0.15) is 44.5 Å². The quantitative estimate of drug-likeness (QED) is 0.175. The van der Waals surface area contributed by atoms with E-state index in [0.717, 1.165) is 28.1 Å². The fraction of sp³-hybridized carbons (Fsp3) is 0.0351. The van der Waals surface area contributed by atoms with Gasteiger partial charge in [0.2, 0.25) is 0 Å². The molecule has 1 spiro atoms. The highest BCUT2D eigenvalue weighted by molar-refractivity contribution is 5.98. The van der Waals surface area contributed by atoms with Gasteiger partial charge in [0.15, 0.2) is 0 Å². The van der Waals surface area contributed by atoms with Crippen molar-refractivity contribution in [2.75, 3.05) is 0 Å². The van der Waals surface area contributed by atoms with Crippen LogP contribution in [0.25, 0.3) is 61.5 Å². The maximum Gasteiger partial charge on any atom is 0.145 e. The number of hydrogen-bond donors (Lipinski definition) is 0. The van der Waals surface area contributed by atoms with Crippen LogP contribution in [0, 0.1) is 0 Å². The molecule has 10 aromatic rings. The number of fused-ring (bicyclic) bond motifs is 13. The first-order valence-electron chi connectivity index (χ1n) is 20.6. The molecule has 0 saturated heterocycles. The zero-order valence-electron chi connectivity index (χ0n) is 32.2. The molecule has 3 aliphatic carbocycles. The second-order valence-electron chi connectivity index (χ2n) is 16.1. The van der Waals surface area contributed by atoms with Gasteiger partial charge in [-0.25, -0.2) is 4.98 Å². The summed E-state index contributed by atoms with van der Waals surface area (Å²) in [5.74, 6) is 0.934. The van der Waals surface area contributed by atoms with Crippen LogP contribution in [0.5, 0.6) is 0 Å². The second kappa shape index (κ2) is 12.0. The van der Waals surface area contributed by atoms with Gasteiger partial charge in [0.25, 0.3) is 0 Å². The van der Waals surface area contributed by atoms with Crippen LogP contribution < -0.4 is 0 Å². The number of benzene rings is 9. The van der Waals surface area contributed by atoms with Crippen molar-refractivity contribution in [2.45, 2.75) is 10.8 Å². The van der Waals surface area contributed by atoms with Crippen molar-refractivity contribution in [1.29, 1.82) is 0 Å². The average molecular weight is 749 g/mol. The molecule has 274 valence electrons. The van der Waals surface area contributed by atoms with Crippen molar-refractivity contribution in [3.05, 3.63) is 263 Å². The molecule has 2 heteroatoms. The van der Waals surface area contributed by atoms with Crippen molar-refractivity contribution in [1.82, 2.24) is 9.55 Å². The molecule has 3 aliphatic rings. The van der Waals surface area contributed by atoms with E-state index in [4.69, 9.17) is 4.98 Å². The first-order valence-corrected chi connectivity index (χ1v) is 20.6. The van der Waals surface area contributed by atoms with Crippen molar-refractivity contribution >= 4 is 11.0 Å². The molecule has 9 aromatic carbocycles. The Morgan fingerprint density at radius 1 is 0.322 bits per heavy atom. The minimum absolute atomic E-state index is 0.468. The molecule has 0 aliphatic heterocycles. The van der Waals surface area contributed by atoms with E-state index in [-0.39, 0.29) is 0 Å². The molecular formula is C57H36N2. The summed E-state index contributed by atoms with van der Waals surface area (Å²) in [4.78, 5) is 5.20. The van der Waals surface area contributed by atoms with Gasteiger partial charge in [-0.15, -0.1) is 0 Å². The number of aromatic nitrogens is 2. The monoisotopic (exact) mass is 748 g/mol. The Morgan fingerprint density at radius 3 is 1.54 bits per heavy atom. The number of hydrogen-bond acceptors (Lipinski definition) is 1. The molecule has 2 unspecified atom stereocenters. The first-order chi connectivity index (χ1) is 29.3. The summed E-state index contributed by atoms with van der Waals surface area (Å²) in [6.07, 6.45) is 0. The van der Waals surface area contributed by atoms with Crippen molar-refractivity contribution in [2.24, 2.45) is 0 Å². The highest BCUT2D eigenvalue weighted by Crippen LogP contribution is 2.69. The number of imidazole rings is 1. The summed E-state index contributed by atoms with van der Waals surface area (Å²) in [5.41, 5.74) is 21.7. The van der Waals surface area contributed by atoms with E-state index in [1.54, 1.807) is 0 Å². The third-order valence-corrected chi connectivity index (χ3v) is 13.5. The molecule has 1 aromatic heterocycles. The summed E-state index contributed by atoms with van der Waals surface area (Å²) in [6.45, 7) is 0. The minimum Gasteiger partial charge on any atom is -0.292 e. The van der Waals surface area contributed by atoms with E-state index in [0.29, 0.717) is 0 Å². The number of nitrogens with zero attached hydrogens (tertiary/aromatic N) is 2. The average Bonchev–Trinajstić information content (AvgIpc) is 3.95. The molecule has 0 fully saturated rings. The standard InChI is InChI=1S/C57H36N2/c1-3-17-39(18-4-1)56-46-26-9-7-22-43(46)45-25-16-30-50(54(45)56)57(49-29-12-11-28-48(49)56)47-27-10-8-21-42(47)44-24-15-23-41(53(44)57)37-33-35-38(36-34-37)55-58-51-31-13-14-32-52(51)59(55)40-19-5-2-6-20-40/h1-36H. The highest BCUT2D eigenvalue weighted by atomic mass is 15.1. The zero-order valence-corrected chi connectivity index (χ0v) is 32.2. The summed E-state index contributed by atoms with van der Waals surface area (Å²) in [5, 5.41) is 0. The Kier molecular flexibility index (Phi) is 6.61. The fourth-order valence-electron chi connectivity index (χ4n) is 11.4. The van der Waals surface area contributed by atoms with Gasteiger partial charge in [-0.05, 0) is 102 Å². The highest BCUT2D eigenvalue weighted by Gasteiger charge is 2.60. The largest absolute Gasteiger partial charge is 0.292 e. The van der Waals surface area contributed by atoms with Gasteiger partial charge in [0.1, 0.15) is 5.82 Å². The fourth-order valence-corrected chi connectivity index (χ4v) is 11.4. The molecule has 2 nitrogen and oxygen atoms in total. The molecule has 0 N–H and O–H groups in total. The van der Waals surface area contributed by atoms with Crippen molar-refractivity contribution < 1.29 is 0 Å². The lowest BCUT2D eigenvalue weighted by molar-refractivity contribution is 0.637. The van der Waals surface area contributed by atoms with Gasteiger partial charge in [-0.2, -0.15) is 0 Å². The van der Waals surface area contributed by atoms with Gasteiger partial charge >= 0.3 is 0 Å². The molecule has 0 bridgehead atoms. The molecule has 13 rings (SSSR count). The number of para-hydroxylation sites is 3. The summed E-state index contributed by atoms with van der Waals surface area (Å²) < 4.78 is 2.28. The Balaban J connectivity index is 1.09. The van der Waals surface area contributed by atoms with Crippen LogP contribution in [-0.4, -0.2) is 9.55 Å². The predicted octanol–water partition coefficient (Wildman–Crippen LogP) is 13.4. The van der Waals surface area contributed by atoms with Crippen LogP contribution in [0.2, 0.25) is 0 Å². The first kappa shape index (κ1) is 32.5. The van der Waals surface area contributed by atoms with E-state index in [2.05, 4.69) is 223 Å². The third-order valence-electron chi connectivity index (χ3n) is 13.5. The Hall–Kier alpha value is -7.55. The van der Waals surface area contributed by atoms with Crippen LogP contribution in [-0.2, 0) is 10.8 Å². The van der Waals surface area contributed by atoms with Crippen LogP contribution >= 0.6 is 0 Å². The molecule has 59 heavy (non-hydrogen) atoms. The molecular weight excluding hydrogens is 713 g/mol. The smallest absolute Gasteiger partial charge is 0.145 e. The van der Waals surface area contributed by atoms with E-state index in [1.165, 1.54) is 77.9 Å². The maximum atomic E-state index is 5.20. The molecule has 0 radical (unpaired) electrons. The zero-order chi connectivity index (χ0) is 38.7. The van der Waals surface area contributed by atoms with Crippen molar-refractivity contribution in [3.8, 4) is 50.5 Å². The maximum absolute atomic E-state index is 5.20. The van der Waals surface area contributed by atoms with Gasteiger partial charge in [-0.1, -0.05) is 194 Å². The van der Waals surface area contributed by atoms with E-state index in [1.807, 2.05) is 0 Å². The van der Waals surface area contributed by atoms with Gasteiger partial charge in [0, 0.05) is 11.3 Å². The molecule has 2 atom stereocenters. The van der Waals surface area contributed by atoms with Crippen LogP contribution in [0.3, 0.4) is 0 Å². The van der Waals surface area contributed by atoms with Gasteiger partial charge < -0.3 is 0 Å². The van der Waals surface area contributed by atoms with E-state index in [9.17, 15) is 0 Å². The normalized spacial score (nSPS) is 17.6. The van der Waals surface area contributed by atoms with Crippen molar-refractivity contribution in [3.63, 3.8) is 0 Å². The topological polar surface area (TPSA) is 17.8 Å². The SMILES string of the molecule is c1ccc(-n2c(-c3ccc(-c4cccc5c4C4(c6ccccc6-5)c5ccccc5C5(c6ccccc6)c6ccccc6-c6cccc4c65)cc3)nc3ccccc32)cc1. The predicted molar refractivity (Wildman–Crippen MR) is 240 cm³/mol. The van der Waals surface area contributed by atoms with Crippen LogP contribution in [0.15, 0.2) is 218 Å². The Bertz CT molecular complexity index is 3320. The molecule has 0 saturated carbocycles. The lowest BCUT2D eigenvalue weighted by Crippen LogP contribution is -2.43. The Labute approximate surface area is 343 Å². The minimum atomic E-state index is -0.565. The second-order valence-corrected chi connectivity index (χ2v) is 16.1. The van der Waals surface area contributed by atoms with Crippen LogP contribution in [0.4, 0.5) is 0 Å².